The lowest BCUT2D eigenvalue weighted by Crippen LogP contribution is -2.14. The van der Waals surface area contributed by atoms with E-state index in [1.807, 2.05) is 0 Å². The zero-order valence-corrected chi connectivity index (χ0v) is 10.5. The quantitative estimate of drug-likeness (QED) is 0.709. The van der Waals surface area contributed by atoms with E-state index in [1.54, 1.807) is 0 Å². The van der Waals surface area contributed by atoms with E-state index >= 15 is 0 Å². The molecule has 0 heterocycles. The number of hydrogen-bond donors (Lipinski definition) is 2. The molecule has 2 N–H and O–H groups in total. The Morgan fingerprint density at radius 3 is 1.44 bits per heavy atom. The van der Waals surface area contributed by atoms with Crippen LogP contribution >= 0.6 is 0 Å². The number of rotatable bonds is 2. The van der Waals surface area contributed by atoms with Crippen LogP contribution in [-0.4, -0.2) is 16.5 Å². The van der Waals surface area contributed by atoms with Crippen LogP contribution in [0.25, 0.3) is 0 Å². The highest BCUT2D eigenvalue weighted by atomic mass is 16.5. The third-order valence-corrected chi connectivity index (χ3v) is 3.77. The van der Waals surface area contributed by atoms with Gasteiger partial charge in [-0.2, -0.15) is 0 Å². The Morgan fingerprint density at radius 2 is 1.06 bits per heavy atom. The van der Waals surface area contributed by atoms with Gasteiger partial charge in [-0.3, -0.25) is 0 Å². The highest BCUT2D eigenvalue weighted by Crippen LogP contribution is 2.26. The molecule has 0 saturated heterocycles. The molecule has 16 heavy (non-hydrogen) atoms. The molecule has 2 rings (SSSR count). The van der Waals surface area contributed by atoms with Crippen LogP contribution < -0.4 is 0 Å². The molecule has 2 aliphatic rings. The average molecular weight is 228 g/mol. The molecule has 0 bridgehead atoms. The van der Waals surface area contributed by atoms with Gasteiger partial charge in [-0.15, -0.1) is 0 Å². The molecule has 0 aromatic carbocycles. The summed E-state index contributed by atoms with van der Waals surface area (Å²) in [6, 6.07) is 0. The molecule has 96 valence electrons. The summed E-state index contributed by atoms with van der Waals surface area (Å²) in [5.74, 6) is 0.578. The second-order valence-electron chi connectivity index (χ2n) is 5.34. The lowest BCUT2D eigenvalue weighted by molar-refractivity contribution is -0.0588. The van der Waals surface area contributed by atoms with Crippen molar-refractivity contribution >= 4 is 0 Å². The highest BCUT2D eigenvalue weighted by Gasteiger charge is 2.15. The SMILES string of the molecule is C1CCCCC1.OC(O)CC1CCCCC1. The van der Waals surface area contributed by atoms with E-state index in [0.29, 0.717) is 12.3 Å². The maximum atomic E-state index is 8.66. The van der Waals surface area contributed by atoms with Crippen LogP contribution in [0.15, 0.2) is 0 Å². The van der Waals surface area contributed by atoms with Gasteiger partial charge < -0.3 is 10.2 Å². The summed E-state index contributed by atoms with van der Waals surface area (Å²) in [6.07, 6.45) is 14.8. The molecule has 2 aliphatic carbocycles. The van der Waals surface area contributed by atoms with Gasteiger partial charge in [0.1, 0.15) is 0 Å². The first-order valence-corrected chi connectivity index (χ1v) is 7.15. The van der Waals surface area contributed by atoms with E-state index in [-0.39, 0.29) is 0 Å². The van der Waals surface area contributed by atoms with Gasteiger partial charge in [0.15, 0.2) is 6.29 Å². The summed E-state index contributed by atoms with van der Waals surface area (Å²) in [5.41, 5.74) is 0. The minimum Gasteiger partial charge on any atom is -0.368 e. The zero-order chi connectivity index (χ0) is 11.6. The normalized spacial score (nSPS) is 22.7. The van der Waals surface area contributed by atoms with Crippen molar-refractivity contribution in [3.63, 3.8) is 0 Å². The van der Waals surface area contributed by atoms with Crippen molar-refractivity contribution in [2.24, 2.45) is 5.92 Å². The summed E-state index contributed by atoms with van der Waals surface area (Å²) in [4.78, 5) is 0. The van der Waals surface area contributed by atoms with E-state index < -0.39 is 6.29 Å². The summed E-state index contributed by atoms with van der Waals surface area (Å²) < 4.78 is 0. The van der Waals surface area contributed by atoms with Crippen LogP contribution in [0.1, 0.15) is 77.0 Å². The molecular weight excluding hydrogens is 200 g/mol. The molecule has 0 radical (unpaired) electrons. The van der Waals surface area contributed by atoms with Crippen molar-refractivity contribution < 1.29 is 10.2 Å². The van der Waals surface area contributed by atoms with Crippen LogP contribution in [0.5, 0.6) is 0 Å². The highest BCUT2D eigenvalue weighted by molar-refractivity contribution is 4.65. The minimum atomic E-state index is -1.08. The summed E-state index contributed by atoms with van der Waals surface area (Å²) >= 11 is 0. The molecule has 2 nitrogen and oxygen atoms in total. The molecular formula is C14H28O2. The van der Waals surface area contributed by atoms with Gasteiger partial charge in [0.05, 0.1) is 0 Å². The van der Waals surface area contributed by atoms with E-state index in [0.717, 1.165) is 0 Å². The Morgan fingerprint density at radius 1 is 0.688 bits per heavy atom. The number of aliphatic hydroxyl groups is 2. The van der Waals surface area contributed by atoms with Crippen molar-refractivity contribution in [1.82, 2.24) is 0 Å². The van der Waals surface area contributed by atoms with Crippen LogP contribution in [0, 0.1) is 5.92 Å². The molecule has 0 aliphatic heterocycles. The van der Waals surface area contributed by atoms with Gasteiger partial charge in [0.25, 0.3) is 0 Å². The predicted molar refractivity (Wildman–Crippen MR) is 67.1 cm³/mol. The maximum absolute atomic E-state index is 8.66. The third kappa shape index (κ3) is 7.24. The number of hydrogen-bond acceptors (Lipinski definition) is 2. The fourth-order valence-electron chi connectivity index (χ4n) is 2.78. The topological polar surface area (TPSA) is 40.5 Å². The van der Waals surface area contributed by atoms with E-state index in [9.17, 15) is 0 Å². The van der Waals surface area contributed by atoms with Crippen LogP contribution in [0.4, 0.5) is 0 Å². The van der Waals surface area contributed by atoms with Gasteiger partial charge >= 0.3 is 0 Å². The lowest BCUT2D eigenvalue weighted by atomic mass is 9.87. The first-order chi connectivity index (χ1) is 7.79. The lowest BCUT2D eigenvalue weighted by Gasteiger charge is -2.21. The Kier molecular flexibility index (Phi) is 7.87. The van der Waals surface area contributed by atoms with Gasteiger partial charge in [0, 0.05) is 6.42 Å². The van der Waals surface area contributed by atoms with Gasteiger partial charge in [-0.05, 0) is 5.92 Å². The Hall–Kier alpha value is -0.0800. The molecule has 0 aromatic rings. The third-order valence-electron chi connectivity index (χ3n) is 3.77. The van der Waals surface area contributed by atoms with Crippen molar-refractivity contribution in [3.05, 3.63) is 0 Å². The average Bonchev–Trinajstić information content (AvgIpc) is 2.32. The standard InChI is InChI=1S/C8H16O2.C6H12/c9-8(10)6-7-4-2-1-3-5-7;1-2-4-6-5-3-1/h7-10H,1-6H2;1-6H2. The summed E-state index contributed by atoms with van der Waals surface area (Å²) in [6.45, 7) is 0. The largest absolute Gasteiger partial charge is 0.368 e. The van der Waals surface area contributed by atoms with Gasteiger partial charge in [-0.1, -0.05) is 70.6 Å². The molecule has 0 amide bonds. The molecule has 2 fully saturated rings. The molecule has 0 aromatic heterocycles. The molecule has 0 unspecified atom stereocenters. The number of aliphatic hydroxyl groups excluding tert-OH is 1. The van der Waals surface area contributed by atoms with E-state index in [2.05, 4.69) is 0 Å². The fourth-order valence-corrected chi connectivity index (χ4v) is 2.78. The van der Waals surface area contributed by atoms with Gasteiger partial charge in [-0.25, -0.2) is 0 Å². The van der Waals surface area contributed by atoms with Crippen LogP contribution in [0.2, 0.25) is 0 Å². The molecule has 0 spiro atoms. The predicted octanol–water partition coefficient (Wildman–Crippen LogP) is 3.61. The Balaban J connectivity index is 0.000000181. The van der Waals surface area contributed by atoms with Crippen LogP contribution in [-0.2, 0) is 0 Å². The van der Waals surface area contributed by atoms with Crippen molar-refractivity contribution in [2.75, 3.05) is 0 Å². The van der Waals surface area contributed by atoms with Crippen LogP contribution in [0.3, 0.4) is 0 Å². The molecule has 0 atom stereocenters. The fraction of sp³-hybridized carbons (Fsp3) is 1.00. The van der Waals surface area contributed by atoms with E-state index in [4.69, 9.17) is 10.2 Å². The van der Waals surface area contributed by atoms with Crippen molar-refractivity contribution in [2.45, 2.75) is 83.3 Å². The van der Waals surface area contributed by atoms with Gasteiger partial charge in [0.2, 0.25) is 0 Å². The Labute approximate surface area is 100 Å². The first kappa shape index (κ1) is 14.0. The second kappa shape index (κ2) is 9.00. The van der Waals surface area contributed by atoms with Crippen molar-refractivity contribution in [1.29, 1.82) is 0 Å². The zero-order valence-electron chi connectivity index (χ0n) is 10.5. The minimum absolute atomic E-state index is 0.578. The summed E-state index contributed by atoms with van der Waals surface area (Å²) in [7, 11) is 0. The monoisotopic (exact) mass is 228 g/mol. The Bertz CT molecular complexity index is 135. The maximum Gasteiger partial charge on any atom is 0.151 e. The summed E-state index contributed by atoms with van der Waals surface area (Å²) in [5, 5.41) is 17.3. The molecule has 2 saturated carbocycles. The molecule has 2 heteroatoms. The van der Waals surface area contributed by atoms with Crippen molar-refractivity contribution in [3.8, 4) is 0 Å². The smallest absolute Gasteiger partial charge is 0.151 e. The van der Waals surface area contributed by atoms with E-state index in [1.165, 1.54) is 70.6 Å². The second-order valence-corrected chi connectivity index (χ2v) is 5.34. The first-order valence-electron chi connectivity index (χ1n) is 7.15.